The molecule has 2 aliphatic rings. The standard InChI is InChI=1S/C24H29F2NO2/c1-15(21-7-3-17-11-19(25)5-9-23(17)28-21)13-27-14-16(2)22-8-4-18-12-20(26)6-10-24(18)29-22/h5-6,9-12,15-16,21-22,27H,3-4,7-8,13-14H2,1-2H3. The average molecular weight is 401 g/mol. The highest BCUT2D eigenvalue weighted by Gasteiger charge is 2.27. The topological polar surface area (TPSA) is 30.5 Å². The number of aryl methyl sites for hydroxylation is 2. The molecule has 0 aliphatic carbocycles. The van der Waals surface area contributed by atoms with Gasteiger partial charge in [0.2, 0.25) is 0 Å². The van der Waals surface area contributed by atoms with Crippen LogP contribution in [0.1, 0.15) is 37.8 Å². The second-order valence-corrected chi connectivity index (χ2v) is 8.51. The first-order valence-electron chi connectivity index (χ1n) is 10.6. The fraction of sp³-hybridized carbons (Fsp3) is 0.500. The molecule has 0 radical (unpaired) electrons. The van der Waals surface area contributed by atoms with E-state index in [0.29, 0.717) is 11.8 Å². The van der Waals surface area contributed by atoms with Crippen molar-refractivity contribution in [1.29, 1.82) is 0 Å². The van der Waals surface area contributed by atoms with Crippen LogP contribution >= 0.6 is 0 Å². The monoisotopic (exact) mass is 401 g/mol. The third-order valence-corrected chi connectivity index (χ3v) is 6.20. The van der Waals surface area contributed by atoms with Crippen molar-refractivity contribution < 1.29 is 18.3 Å². The van der Waals surface area contributed by atoms with E-state index in [1.807, 2.05) is 0 Å². The van der Waals surface area contributed by atoms with Gasteiger partial charge in [0.25, 0.3) is 0 Å². The Hall–Kier alpha value is -2.14. The van der Waals surface area contributed by atoms with E-state index in [0.717, 1.165) is 61.4 Å². The third-order valence-electron chi connectivity index (χ3n) is 6.20. The van der Waals surface area contributed by atoms with E-state index in [2.05, 4.69) is 19.2 Å². The van der Waals surface area contributed by atoms with Crippen molar-refractivity contribution in [2.75, 3.05) is 13.1 Å². The van der Waals surface area contributed by atoms with Crippen molar-refractivity contribution in [2.24, 2.45) is 11.8 Å². The summed E-state index contributed by atoms with van der Waals surface area (Å²) in [5.41, 5.74) is 1.93. The first-order valence-corrected chi connectivity index (χ1v) is 10.6. The van der Waals surface area contributed by atoms with Gasteiger partial charge in [-0.25, -0.2) is 8.78 Å². The number of benzene rings is 2. The van der Waals surface area contributed by atoms with Crippen LogP contribution in [-0.4, -0.2) is 25.3 Å². The van der Waals surface area contributed by atoms with Crippen molar-refractivity contribution in [3.63, 3.8) is 0 Å². The van der Waals surface area contributed by atoms with Crippen molar-refractivity contribution >= 4 is 0 Å². The molecular weight excluding hydrogens is 372 g/mol. The van der Waals surface area contributed by atoms with Crippen LogP contribution in [0.25, 0.3) is 0 Å². The smallest absolute Gasteiger partial charge is 0.123 e. The predicted molar refractivity (Wildman–Crippen MR) is 109 cm³/mol. The molecule has 2 heterocycles. The lowest BCUT2D eigenvalue weighted by Gasteiger charge is -2.32. The Bertz CT molecular complexity index is 787. The summed E-state index contributed by atoms with van der Waals surface area (Å²) in [5.74, 6) is 1.94. The largest absolute Gasteiger partial charge is 0.490 e. The second-order valence-electron chi connectivity index (χ2n) is 8.51. The molecule has 2 aliphatic heterocycles. The summed E-state index contributed by atoms with van der Waals surface area (Å²) >= 11 is 0. The summed E-state index contributed by atoms with van der Waals surface area (Å²) in [6, 6.07) is 9.55. The van der Waals surface area contributed by atoms with Crippen LogP contribution in [0.2, 0.25) is 0 Å². The second kappa shape index (κ2) is 8.70. The number of nitrogens with one attached hydrogen (secondary N) is 1. The minimum absolute atomic E-state index is 0.142. The van der Waals surface area contributed by atoms with Crippen LogP contribution in [0.4, 0.5) is 8.78 Å². The Labute approximate surface area is 171 Å². The molecule has 4 unspecified atom stereocenters. The maximum atomic E-state index is 13.4. The van der Waals surface area contributed by atoms with Gasteiger partial charge in [0.05, 0.1) is 0 Å². The SMILES string of the molecule is CC(CNCC(C)C1CCc2cc(F)ccc2O1)C1CCc2cc(F)ccc2O1. The molecule has 0 bridgehead atoms. The summed E-state index contributed by atoms with van der Waals surface area (Å²) in [6.45, 7) is 6.11. The number of ether oxygens (including phenoxy) is 2. The summed E-state index contributed by atoms with van der Waals surface area (Å²) < 4.78 is 38.9. The maximum Gasteiger partial charge on any atom is 0.123 e. The van der Waals surface area contributed by atoms with Crippen LogP contribution in [-0.2, 0) is 12.8 Å². The maximum absolute atomic E-state index is 13.4. The van der Waals surface area contributed by atoms with Gasteiger partial charge in [0.1, 0.15) is 35.3 Å². The molecular formula is C24H29F2NO2. The highest BCUT2D eigenvalue weighted by Crippen LogP contribution is 2.32. The fourth-order valence-electron chi connectivity index (χ4n) is 4.36. The fourth-order valence-corrected chi connectivity index (χ4v) is 4.36. The summed E-state index contributed by atoms with van der Waals surface area (Å²) in [4.78, 5) is 0. The highest BCUT2D eigenvalue weighted by molar-refractivity contribution is 5.36. The molecule has 1 N–H and O–H groups in total. The Morgan fingerprint density at radius 2 is 1.28 bits per heavy atom. The molecule has 0 aromatic heterocycles. The van der Waals surface area contributed by atoms with Gasteiger partial charge in [-0.1, -0.05) is 13.8 Å². The Morgan fingerprint density at radius 1 is 0.828 bits per heavy atom. The van der Waals surface area contributed by atoms with Gasteiger partial charge in [-0.2, -0.15) is 0 Å². The summed E-state index contributed by atoms with van der Waals surface area (Å²) in [7, 11) is 0. The number of hydrogen-bond acceptors (Lipinski definition) is 3. The van der Waals surface area contributed by atoms with E-state index < -0.39 is 0 Å². The van der Waals surface area contributed by atoms with Crippen LogP contribution in [0.5, 0.6) is 11.5 Å². The van der Waals surface area contributed by atoms with E-state index in [9.17, 15) is 8.78 Å². The van der Waals surface area contributed by atoms with E-state index >= 15 is 0 Å². The minimum atomic E-state index is -0.202. The van der Waals surface area contributed by atoms with Gasteiger partial charge < -0.3 is 14.8 Å². The van der Waals surface area contributed by atoms with Crippen molar-refractivity contribution in [2.45, 2.75) is 51.7 Å². The number of rotatable bonds is 6. The molecule has 0 saturated carbocycles. The van der Waals surface area contributed by atoms with Gasteiger partial charge in [0.15, 0.2) is 0 Å². The predicted octanol–water partition coefficient (Wildman–Crippen LogP) is 4.91. The molecule has 0 spiro atoms. The molecule has 3 nitrogen and oxygen atoms in total. The molecule has 2 aromatic rings. The van der Waals surface area contributed by atoms with Crippen molar-refractivity contribution in [3.05, 3.63) is 59.2 Å². The van der Waals surface area contributed by atoms with Crippen LogP contribution < -0.4 is 14.8 Å². The lowest BCUT2D eigenvalue weighted by atomic mass is 9.93. The molecule has 5 heteroatoms. The molecule has 156 valence electrons. The zero-order valence-electron chi connectivity index (χ0n) is 17.1. The average Bonchev–Trinajstić information content (AvgIpc) is 2.72. The van der Waals surface area contributed by atoms with E-state index in [1.54, 1.807) is 24.3 Å². The first kappa shape index (κ1) is 20.1. The Kier molecular flexibility index (Phi) is 6.04. The molecule has 4 rings (SSSR count). The van der Waals surface area contributed by atoms with Crippen LogP contribution in [0, 0.1) is 23.5 Å². The highest BCUT2D eigenvalue weighted by atomic mass is 19.1. The molecule has 2 aromatic carbocycles. The van der Waals surface area contributed by atoms with Gasteiger partial charge in [-0.15, -0.1) is 0 Å². The quantitative estimate of drug-likeness (QED) is 0.746. The lowest BCUT2D eigenvalue weighted by molar-refractivity contribution is 0.105. The zero-order chi connectivity index (χ0) is 20.4. The number of fused-ring (bicyclic) bond motifs is 2. The minimum Gasteiger partial charge on any atom is -0.490 e. The van der Waals surface area contributed by atoms with Crippen molar-refractivity contribution in [3.8, 4) is 11.5 Å². The Morgan fingerprint density at radius 3 is 1.72 bits per heavy atom. The Balaban J connectivity index is 1.24. The summed E-state index contributed by atoms with van der Waals surface area (Å²) in [6.07, 6.45) is 3.82. The van der Waals surface area contributed by atoms with E-state index in [1.165, 1.54) is 12.1 Å². The third kappa shape index (κ3) is 4.72. The zero-order valence-corrected chi connectivity index (χ0v) is 17.1. The van der Waals surface area contributed by atoms with Crippen LogP contribution in [0.3, 0.4) is 0 Å². The van der Waals surface area contributed by atoms with E-state index in [4.69, 9.17) is 9.47 Å². The lowest BCUT2D eigenvalue weighted by Crippen LogP contribution is -2.40. The molecule has 4 atom stereocenters. The first-order chi connectivity index (χ1) is 14.0. The van der Waals surface area contributed by atoms with Gasteiger partial charge in [-0.05, 0) is 73.2 Å². The number of halogens is 2. The van der Waals surface area contributed by atoms with Gasteiger partial charge in [-0.3, -0.25) is 0 Å². The summed E-state index contributed by atoms with van der Waals surface area (Å²) in [5, 5.41) is 3.57. The molecule has 0 saturated heterocycles. The molecule has 29 heavy (non-hydrogen) atoms. The normalized spacial score (nSPS) is 22.6. The van der Waals surface area contributed by atoms with Crippen molar-refractivity contribution in [1.82, 2.24) is 5.32 Å². The molecule has 0 amide bonds. The van der Waals surface area contributed by atoms with Crippen LogP contribution in [0.15, 0.2) is 36.4 Å². The van der Waals surface area contributed by atoms with E-state index in [-0.39, 0.29) is 23.8 Å². The van der Waals surface area contributed by atoms with Gasteiger partial charge >= 0.3 is 0 Å². The number of hydrogen-bond donors (Lipinski definition) is 1. The van der Waals surface area contributed by atoms with Gasteiger partial charge in [0, 0.05) is 24.9 Å². The molecule has 0 fully saturated rings.